The zero-order valence-electron chi connectivity index (χ0n) is 9.87. The average molecular weight is 212 g/mol. The molecular weight excluding hydrogens is 188 g/mol. The van der Waals surface area contributed by atoms with Crippen molar-refractivity contribution in [3.8, 4) is 0 Å². The Morgan fingerprint density at radius 2 is 1.93 bits per heavy atom. The summed E-state index contributed by atoms with van der Waals surface area (Å²) in [4.78, 5) is 11.7. The Labute approximate surface area is 93.1 Å². The number of hydrogen-bond donors (Lipinski definition) is 1. The van der Waals surface area contributed by atoms with Gasteiger partial charge < -0.3 is 5.11 Å². The first-order chi connectivity index (χ1) is 7.24. The molecule has 0 amide bonds. The van der Waals surface area contributed by atoms with Gasteiger partial charge in [0.15, 0.2) is 0 Å². The molecule has 15 heavy (non-hydrogen) atoms. The van der Waals surface area contributed by atoms with Gasteiger partial charge in [-0.25, -0.2) is 0 Å². The SMILES string of the molecule is CCCCCCCC(=O)C1CCC(O)C1. The van der Waals surface area contributed by atoms with Crippen molar-refractivity contribution in [2.45, 2.75) is 70.8 Å². The van der Waals surface area contributed by atoms with E-state index in [0.29, 0.717) is 12.2 Å². The highest BCUT2D eigenvalue weighted by Gasteiger charge is 2.27. The van der Waals surface area contributed by atoms with Crippen LogP contribution in [0.4, 0.5) is 0 Å². The first kappa shape index (κ1) is 12.7. The van der Waals surface area contributed by atoms with Crippen LogP contribution < -0.4 is 0 Å². The van der Waals surface area contributed by atoms with E-state index < -0.39 is 0 Å². The van der Waals surface area contributed by atoms with Gasteiger partial charge in [-0.15, -0.1) is 0 Å². The van der Waals surface area contributed by atoms with Gasteiger partial charge in [0.2, 0.25) is 0 Å². The number of unbranched alkanes of at least 4 members (excludes halogenated alkanes) is 4. The fraction of sp³-hybridized carbons (Fsp3) is 0.923. The normalized spacial score (nSPS) is 25.7. The third kappa shape index (κ3) is 4.78. The lowest BCUT2D eigenvalue weighted by molar-refractivity contribution is -0.123. The summed E-state index contributed by atoms with van der Waals surface area (Å²) in [6.45, 7) is 2.20. The van der Waals surface area contributed by atoms with Crippen LogP contribution in [0.5, 0.6) is 0 Å². The number of carbonyl (C=O) groups is 1. The predicted molar refractivity (Wildman–Crippen MR) is 61.7 cm³/mol. The molecule has 1 rings (SSSR count). The lowest BCUT2D eigenvalue weighted by atomic mass is 9.97. The van der Waals surface area contributed by atoms with Gasteiger partial charge in [-0.1, -0.05) is 32.6 Å². The Bertz CT molecular complexity index is 189. The Morgan fingerprint density at radius 3 is 2.53 bits per heavy atom. The fourth-order valence-corrected chi connectivity index (χ4v) is 2.36. The summed E-state index contributed by atoms with van der Waals surface area (Å²) >= 11 is 0. The molecule has 2 nitrogen and oxygen atoms in total. The molecule has 2 heteroatoms. The fourth-order valence-electron chi connectivity index (χ4n) is 2.36. The molecule has 0 aromatic rings. The standard InChI is InChI=1S/C13H24O2/c1-2-3-4-5-6-7-13(15)11-8-9-12(14)10-11/h11-12,14H,2-10H2,1H3. The number of carbonyl (C=O) groups excluding carboxylic acids is 1. The lowest BCUT2D eigenvalue weighted by Gasteiger charge is -2.07. The third-order valence-electron chi connectivity index (χ3n) is 3.39. The summed E-state index contributed by atoms with van der Waals surface area (Å²) in [7, 11) is 0. The van der Waals surface area contributed by atoms with Gasteiger partial charge in [-0.05, 0) is 25.7 Å². The summed E-state index contributed by atoms with van der Waals surface area (Å²) in [5.74, 6) is 0.564. The Hall–Kier alpha value is -0.370. The minimum Gasteiger partial charge on any atom is -0.393 e. The molecule has 0 aromatic heterocycles. The molecule has 0 aromatic carbocycles. The molecule has 1 N–H and O–H groups in total. The number of Topliss-reactive ketones (excluding diaryl/α,β-unsaturated/α-hetero) is 1. The molecule has 88 valence electrons. The average Bonchev–Trinajstić information content (AvgIpc) is 2.64. The predicted octanol–water partition coefficient (Wildman–Crippen LogP) is 3.08. The van der Waals surface area contributed by atoms with E-state index in [4.69, 9.17) is 0 Å². The van der Waals surface area contributed by atoms with Crippen LogP contribution in [0.1, 0.15) is 64.7 Å². The quantitative estimate of drug-likeness (QED) is 0.658. The van der Waals surface area contributed by atoms with Crippen LogP contribution in [0.15, 0.2) is 0 Å². The maximum Gasteiger partial charge on any atom is 0.136 e. The molecule has 0 spiro atoms. The highest BCUT2D eigenvalue weighted by atomic mass is 16.3. The zero-order chi connectivity index (χ0) is 11.1. The monoisotopic (exact) mass is 212 g/mol. The highest BCUT2D eigenvalue weighted by Crippen LogP contribution is 2.27. The van der Waals surface area contributed by atoms with Crippen LogP contribution in [-0.4, -0.2) is 17.0 Å². The third-order valence-corrected chi connectivity index (χ3v) is 3.39. The van der Waals surface area contributed by atoms with Gasteiger partial charge in [0, 0.05) is 12.3 Å². The number of aliphatic hydroxyl groups excluding tert-OH is 1. The second-order valence-corrected chi connectivity index (χ2v) is 4.79. The summed E-state index contributed by atoms with van der Waals surface area (Å²) < 4.78 is 0. The summed E-state index contributed by atoms with van der Waals surface area (Å²) in [6.07, 6.45) is 9.02. The van der Waals surface area contributed by atoms with Crippen molar-refractivity contribution in [2.75, 3.05) is 0 Å². The largest absolute Gasteiger partial charge is 0.393 e. The van der Waals surface area contributed by atoms with Crippen molar-refractivity contribution in [1.82, 2.24) is 0 Å². The van der Waals surface area contributed by atoms with Crippen molar-refractivity contribution < 1.29 is 9.90 Å². The van der Waals surface area contributed by atoms with E-state index in [1.165, 1.54) is 25.7 Å². The summed E-state index contributed by atoms with van der Waals surface area (Å²) in [6, 6.07) is 0. The van der Waals surface area contributed by atoms with Crippen LogP contribution in [0.2, 0.25) is 0 Å². The molecule has 1 aliphatic rings. The van der Waals surface area contributed by atoms with Crippen LogP contribution in [0.3, 0.4) is 0 Å². The van der Waals surface area contributed by atoms with Crippen molar-refractivity contribution in [3.05, 3.63) is 0 Å². The van der Waals surface area contributed by atoms with Crippen molar-refractivity contribution in [3.63, 3.8) is 0 Å². The van der Waals surface area contributed by atoms with Crippen molar-refractivity contribution >= 4 is 5.78 Å². The molecule has 1 fully saturated rings. The van der Waals surface area contributed by atoms with Gasteiger partial charge in [-0.2, -0.15) is 0 Å². The van der Waals surface area contributed by atoms with E-state index >= 15 is 0 Å². The van der Waals surface area contributed by atoms with E-state index in [2.05, 4.69) is 6.92 Å². The number of rotatable bonds is 7. The minimum absolute atomic E-state index is 0.172. The molecule has 2 atom stereocenters. The summed E-state index contributed by atoms with van der Waals surface area (Å²) in [5.41, 5.74) is 0. The van der Waals surface area contributed by atoms with E-state index in [9.17, 15) is 9.90 Å². The molecule has 1 aliphatic carbocycles. The highest BCUT2D eigenvalue weighted by molar-refractivity contribution is 5.81. The molecule has 0 heterocycles. The Kier molecular flexibility index (Phi) is 5.92. The van der Waals surface area contributed by atoms with Crippen LogP contribution in [-0.2, 0) is 4.79 Å². The maximum absolute atomic E-state index is 11.7. The van der Waals surface area contributed by atoms with Crippen molar-refractivity contribution in [1.29, 1.82) is 0 Å². The van der Waals surface area contributed by atoms with Gasteiger partial charge in [-0.3, -0.25) is 4.79 Å². The van der Waals surface area contributed by atoms with Gasteiger partial charge >= 0.3 is 0 Å². The molecule has 2 unspecified atom stereocenters. The van der Waals surface area contributed by atoms with E-state index in [-0.39, 0.29) is 12.0 Å². The Morgan fingerprint density at radius 1 is 1.20 bits per heavy atom. The van der Waals surface area contributed by atoms with E-state index in [1.807, 2.05) is 0 Å². The first-order valence-corrected chi connectivity index (χ1v) is 6.44. The first-order valence-electron chi connectivity index (χ1n) is 6.44. The van der Waals surface area contributed by atoms with Gasteiger partial charge in [0.05, 0.1) is 6.10 Å². The maximum atomic E-state index is 11.7. The Balaban J connectivity index is 2.03. The van der Waals surface area contributed by atoms with Gasteiger partial charge in [0.25, 0.3) is 0 Å². The number of aliphatic hydroxyl groups is 1. The van der Waals surface area contributed by atoms with Crippen LogP contribution >= 0.6 is 0 Å². The minimum atomic E-state index is -0.209. The van der Waals surface area contributed by atoms with Gasteiger partial charge in [0.1, 0.15) is 5.78 Å². The van der Waals surface area contributed by atoms with Crippen molar-refractivity contribution in [2.24, 2.45) is 5.92 Å². The number of ketones is 1. The number of hydrogen-bond acceptors (Lipinski definition) is 2. The zero-order valence-corrected chi connectivity index (χ0v) is 9.87. The molecular formula is C13H24O2. The molecule has 0 radical (unpaired) electrons. The second-order valence-electron chi connectivity index (χ2n) is 4.79. The molecule has 1 saturated carbocycles. The summed E-state index contributed by atoms with van der Waals surface area (Å²) in [5, 5.41) is 9.34. The lowest BCUT2D eigenvalue weighted by Crippen LogP contribution is -2.12. The van der Waals surface area contributed by atoms with Crippen LogP contribution in [0, 0.1) is 5.92 Å². The molecule has 0 saturated heterocycles. The van der Waals surface area contributed by atoms with E-state index in [0.717, 1.165) is 25.7 Å². The topological polar surface area (TPSA) is 37.3 Å². The second kappa shape index (κ2) is 7.00. The molecule has 0 bridgehead atoms. The smallest absolute Gasteiger partial charge is 0.136 e. The van der Waals surface area contributed by atoms with E-state index in [1.54, 1.807) is 0 Å². The molecule has 0 aliphatic heterocycles. The van der Waals surface area contributed by atoms with Crippen LogP contribution in [0.25, 0.3) is 0 Å².